The number of nitrogens with zero attached hydrogens (tertiary/aromatic N) is 1. The van der Waals surface area contributed by atoms with Crippen molar-refractivity contribution in [2.75, 3.05) is 5.32 Å². The number of hydrogen-bond donors (Lipinski definition) is 3. The summed E-state index contributed by atoms with van der Waals surface area (Å²) in [6.45, 7) is 0.989. The summed E-state index contributed by atoms with van der Waals surface area (Å²) >= 11 is 0. The molecule has 0 aromatic carbocycles. The number of aryl methyl sites for hydroxylation is 1. The van der Waals surface area contributed by atoms with Gasteiger partial charge in [-0.15, -0.1) is 0 Å². The number of alkyl halides is 3. The van der Waals surface area contributed by atoms with Crippen molar-refractivity contribution >= 4 is 11.6 Å². The number of amides is 1. The van der Waals surface area contributed by atoms with Gasteiger partial charge in [0, 0.05) is 11.8 Å². The summed E-state index contributed by atoms with van der Waals surface area (Å²) in [6.07, 6.45) is -3.88. The number of anilines is 1. The first-order valence-corrected chi connectivity index (χ1v) is 6.87. The first-order chi connectivity index (χ1) is 11.2. The number of halogens is 3. The minimum Gasteiger partial charge on any atom is -0.463 e. The largest absolute Gasteiger partial charge is 0.463 e. The van der Waals surface area contributed by atoms with Crippen molar-refractivity contribution in [1.82, 2.24) is 4.98 Å². The van der Waals surface area contributed by atoms with E-state index in [-0.39, 0.29) is 17.0 Å². The van der Waals surface area contributed by atoms with E-state index >= 15 is 0 Å². The Morgan fingerprint density at radius 2 is 2.04 bits per heavy atom. The van der Waals surface area contributed by atoms with Crippen LogP contribution in [0.4, 0.5) is 18.9 Å². The molecule has 0 saturated heterocycles. The van der Waals surface area contributed by atoms with Crippen LogP contribution in [0.5, 0.6) is 0 Å². The molecule has 3 N–H and O–H groups in total. The molecule has 6 nitrogen and oxygen atoms in total. The summed E-state index contributed by atoms with van der Waals surface area (Å²) < 4.78 is 44.8. The molecule has 2 aromatic rings. The Morgan fingerprint density at radius 1 is 1.33 bits per heavy atom. The quantitative estimate of drug-likeness (QED) is 0.773. The number of hydrogen-bond acceptors (Lipinski definition) is 5. The summed E-state index contributed by atoms with van der Waals surface area (Å²) in [7, 11) is 0. The number of furan rings is 1. The van der Waals surface area contributed by atoms with Gasteiger partial charge in [-0.2, -0.15) is 13.2 Å². The lowest BCUT2D eigenvalue weighted by atomic mass is 9.95. The van der Waals surface area contributed by atoms with Gasteiger partial charge in [0.2, 0.25) is 11.5 Å². The van der Waals surface area contributed by atoms with Gasteiger partial charge < -0.3 is 19.9 Å². The van der Waals surface area contributed by atoms with Gasteiger partial charge in [-0.05, 0) is 25.1 Å². The summed E-state index contributed by atoms with van der Waals surface area (Å²) in [5.41, 5.74) is -3.12. The van der Waals surface area contributed by atoms with Crippen LogP contribution in [0.3, 0.4) is 0 Å². The number of rotatable bonds is 5. The molecule has 0 aliphatic rings. The molecule has 1 unspecified atom stereocenters. The van der Waals surface area contributed by atoms with Crippen LogP contribution in [-0.4, -0.2) is 27.3 Å². The van der Waals surface area contributed by atoms with Crippen LogP contribution in [0, 0.1) is 6.92 Å². The average molecular weight is 344 g/mol. The van der Waals surface area contributed by atoms with Gasteiger partial charge in [0.05, 0.1) is 24.9 Å². The number of aromatic nitrogens is 1. The third kappa shape index (κ3) is 3.57. The molecule has 9 heteroatoms. The molecule has 2 heterocycles. The molecule has 0 saturated carbocycles. The number of carbonyl (C=O) groups is 1. The molecular formula is C15H15F3N2O4. The van der Waals surface area contributed by atoms with Gasteiger partial charge in [0.25, 0.3) is 0 Å². The van der Waals surface area contributed by atoms with Gasteiger partial charge >= 0.3 is 6.18 Å². The van der Waals surface area contributed by atoms with Crippen molar-refractivity contribution in [2.45, 2.75) is 31.7 Å². The molecule has 0 radical (unpaired) electrons. The SMILES string of the molecule is Cc1ccc(C(O)(CC(=O)Nc2cnccc2CO)C(F)(F)F)o1. The van der Waals surface area contributed by atoms with E-state index < -0.39 is 36.5 Å². The van der Waals surface area contributed by atoms with Gasteiger partial charge in [0.15, 0.2) is 0 Å². The van der Waals surface area contributed by atoms with E-state index in [1.807, 2.05) is 0 Å². The highest BCUT2D eigenvalue weighted by Gasteiger charge is 2.58. The Bertz CT molecular complexity index is 730. The number of aliphatic hydroxyl groups is 2. The Labute approximate surface area is 134 Å². The zero-order valence-corrected chi connectivity index (χ0v) is 12.6. The number of nitrogens with one attached hydrogen (secondary N) is 1. The lowest BCUT2D eigenvalue weighted by molar-refractivity contribution is -0.272. The van der Waals surface area contributed by atoms with E-state index in [1.165, 1.54) is 31.5 Å². The predicted octanol–water partition coefficient (Wildman–Crippen LogP) is 2.25. The number of aliphatic hydroxyl groups excluding tert-OH is 1. The molecular weight excluding hydrogens is 329 g/mol. The van der Waals surface area contributed by atoms with Crippen molar-refractivity contribution in [2.24, 2.45) is 0 Å². The second kappa shape index (κ2) is 6.62. The monoisotopic (exact) mass is 344 g/mol. The second-order valence-corrected chi connectivity index (χ2v) is 5.18. The maximum Gasteiger partial charge on any atom is 0.425 e. The highest BCUT2D eigenvalue weighted by atomic mass is 19.4. The van der Waals surface area contributed by atoms with Crippen molar-refractivity contribution in [1.29, 1.82) is 0 Å². The molecule has 0 fully saturated rings. The Balaban J connectivity index is 2.26. The molecule has 2 rings (SSSR count). The van der Waals surface area contributed by atoms with Crippen molar-refractivity contribution in [3.05, 3.63) is 47.7 Å². The van der Waals surface area contributed by atoms with Crippen molar-refractivity contribution in [3.63, 3.8) is 0 Å². The van der Waals surface area contributed by atoms with E-state index in [0.717, 1.165) is 6.07 Å². The first kappa shape index (κ1) is 18.0. The Morgan fingerprint density at radius 3 is 2.58 bits per heavy atom. The normalized spacial score (nSPS) is 14.2. The van der Waals surface area contributed by atoms with Gasteiger partial charge in [-0.3, -0.25) is 9.78 Å². The maximum absolute atomic E-state index is 13.3. The van der Waals surface area contributed by atoms with Crippen LogP contribution < -0.4 is 5.32 Å². The summed E-state index contributed by atoms with van der Waals surface area (Å²) in [5.74, 6) is -1.70. The van der Waals surface area contributed by atoms with Crippen LogP contribution in [-0.2, 0) is 17.0 Å². The van der Waals surface area contributed by atoms with Crippen LogP contribution in [0.15, 0.2) is 35.0 Å². The van der Waals surface area contributed by atoms with E-state index in [4.69, 9.17) is 9.52 Å². The van der Waals surface area contributed by atoms with Gasteiger partial charge in [-0.25, -0.2) is 0 Å². The van der Waals surface area contributed by atoms with E-state index in [9.17, 15) is 23.1 Å². The maximum atomic E-state index is 13.3. The minimum atomic E-state index is -5.12. The van der Waals surface area contributed by atoms with Crippen LogP contribution in [0.25, 0.3) is 0 Å². The van der Waals surface area contributed by atoms with Crippen LogP contribution in [0.2, 0.25) is 0 Å². The lowest BCUT2D eigenvalue weighted by Crippen LogP contribution is -2.44. The fourth-order valence-electron chi connectivity index (χ4n) is 2.08. The van der Waals surface area contributed by atoms with Gasteiger partial charge in [-0.1, -0.05) is 0 Å². The first-order valence-electron chi connectivity index (χ1n) is 6.87. The van der Waals surface area contributed by atoms with E-state index in [0.29, 0.717) is 0 Å². The number of carbonyl (C=O) groups excluding carboxylic acids is 1. The highest BCUT2D eigenvalue weighted by Crippen LogP contribution is 2.42. The fourth-order valence-corrected chi connectivity index (χ4v) is 2.08. The molecule has 24 heavy (non-hydrogen) atoms. The molecule has 1 atom stereocenters. The third-order valence-corrected chi connectivity index (χ3v) is 3.39. The summed E-state index contributed by atoms with van der Waals surface area (Å²) in [4.78, 5) is 15.7. The average Bonchev–Trinajstić information content (AvgIpc) is 2.93. The van der Waals surface area contributed by atoms with Gasteiger partial charge in [0.1, 0.15) is 11.5 Å². The Hall–Kier alpha value is -2.39. The highest BCUT2D eigenvalue weighted by molar-refractivity contribution is 5.92. The fraction of sp³-hybridized carbons (Fsp3) is 0.333. The van der Waals surface area contributed by atoms with Crippen molar-refractivity contribution < 1.29 is 32.6 Å². The van der Waals surface area contributed by atoms with Crippen molar-refractivity contribution in [3.8, 4) is 0 Å². The Kier molecular flexibility index (Phi) is 4.95. The second-order valence-electron chi connectivity index (χ2n) is 5.18. The molecule has 1 amide bonds. The molecule has 2 aromatic heterocycles. The van der Waals surface area contributed by atoms with Crippen LogP contribution >= 0.6 is 0 Å². The smallest absolute Gasteiger partial charge is 0.425 e. The third-order valence-electron chi connectivity index (χ3n) is 3.39. The van der Waals surface area contributed by atoms with E-state index in [1.54, 1.807) is 0 Å². The lowest BCUT2D eigenvalue weighted by Gasteiger charge is -2.28. The zero-order valence-electron chi connectivity index (χ0n) is 12.6. The van der Waals surface area contributed by atoms with Crippen LogP contribution in [0.1, 0.15) is 23.5 Å². The molecule has 0 spiro atoms. The molecule has 0 aliphatic heterocycles. The summed E-state index contributed by atoms with van der Waals surface area (Å²) in [5, 5.41) is 21.4. The topological polar surface area (TPSA) is 95.6 Å². The molecule has 0 bridgehead atoms. The summed E-state index contributed by atoms with van der Waals surface area (Å²) in [6, 6.07) is 3.63. The predicted molar refractivity (Wildman–Crippen MR) is 76.8 cm³/mol. The molecule has 0 aliphatic carbocycles. The standard InChI is InChI=1S/C15H15F3N2O4/c1-9-2-3-12(24-9)14(23,15(16,17)18)6-13(22)20-11-7-19-5-4-10(11)8-21/h2-5,7,21,23H,6,8H2,1H3,(H,20,22). The molecule has 130 valence electrons. The minimum absolute atomic E-state index is 0.0603. The van der Waals surface area contributed by atoms with E-state index in [2.05, 4.69) is 10.3 Å². The zero-order chi connectivity index (χ0) is 18.0. The number of pyridine rings is 1.